The van der Waals surface area contributed by atoms with E-state index in [0.717, 1.165) is 5.56 Å². The molecule has 3 N–H and O–H groups in total. The van der Waals surface area contributed by atoms with Crippen molar-refractivity contribution in [3.63, 3.8) is 0 Å². The molecule has 2 amide bonds. The zero-order valence-electron chi connectivity index (χ0n) is 10.4. The van der Waals surface area contributed by atoms with Crippen LogP contribution in [0, 0.1) is 6.92 Å². The first-order chi connectivity index (χ1) is 7.94. The first kappa shape index (κ1) is 13.4. The van der Waals surface area contributed by atoms with Crippen LogP contribution in [0.1, 0.15) is 25.8 Å². The number of hydrogen-bond donors (Lipinski definition) is 3. The maximum Gasteiger partial charge on any atom is 0.320 e. The van der Waals surface area contributed by atoms with Crippen molar-refractivity contribution in [1.29, 1.82) is 0 Å². The van der Waals surface area contributed by atoms with Crippen LogP contribution in [0.15, 0.2) is 18.3 Å². The van der Waals surface area contributed by atoms with Crippen LogP contribution in [-0.4, -0.2) is 28.3 Å². The van der Waals surface area contributed by atoms with Crippen molar-refractivity contribution in [3.8, 4) is 0 Å². The van der Waals surface area contributed by atoms with E-state index < -0.39 is 5.60 Å². The van der Waals surface area contributed by atoms with Crippen molar-refractivity contribution in [2.24, 2.45) is 0 Å². The lowest BCUT2D eigenvalue weighted by Gasteiger charge is -2.21. The second kappa shape index (κ2) is 5.63. The molecule has 0 spiro atoms. The Morgan fingerprint density at radius 1 is 1.59 bits per heavy atom. The number of aryl methyl sites for hydroxylation is 1. The van der Waals surface area contributed by atoms with Crippen LogP contribution >= 0.6 is 0 Å². The Bertz CT molecular complexity index is 391. The number of aromatic nitrogens is 1. The average molecular weight is 237 g/mol. The third-order valence-electron chi connectivity index (χ3n) is 2.63. The van der Waals surface area contributed by atoms with Gasteiger partial charge in [-0.3, -0.25) is 5.32 Å². The van der Waals surface area contributed by atoms with Crippen LogP contribution < -0.4 is 10.6 Å². The largest absolute Gasteiger partial charge is 0.388 e. The predicted molar refractivity (Wildman–Crippen MR) is 66.9 cm³/mol. The number of nitrogens with one attached hydrogen (secondary N) is 2. The van der Waals surface area contributed by atoms with Gasteiger partial charge in [-0.1, -0.05) is 13.0 Å². The minimum absolute atomic E-state index is 0.210. The van der Waals surface area contributed by atoms with E-state index in [9.17, 15) is 9.90 Å². The molecular weight excluding hydrogens is 218 g/mol. The summed E-state index contributed by atoms with van der Waals surface area (Å²) in [4.78, 5) is 15.6. The number of urea groups is 1. The monoisotopic (exact) mass is 237 g/mol. The molecule has 0 aliphatic rings. The highest BCUT2D eigenvalue weighted by Crippen LogP contribution is 2.09. The molecule has 1 rings (SSSR count). The number of carbonyl (C=O) groups is 1. The van der Waals surface area contributed by atoms with Gasteiger partial charge in [-0.2, -0.15) is 0 Å². The maximum absolute atomic E-state index is 11.6. The minimum atomic E-state index is -0.878. The van der Waals surface area contributed by atoms with E-state index in [1.54, 1.807) is 19.2 Å². The quantitative estimate of drug-likeness (QED) is 0.745. The molecule has 1 atom stereocenters. The summed E-state index contributed by atoms with van der Waals surface area (Å²) in [5, 5.41) is 15.0. The highest BCUT2D eigenvalue weighted by atomic mass is 16.3. The summed E-state index contributed by atoms with van der Waals surface area (Å²) in [6.45, 7) is 5.62. The Morgan fingerprint density at radius 2 is 2.29 bits per heavy atom. The minimum Gasteiger partial charge on any atom is -0.388 e. The van der Waals surface area contributed by atoms with E-state index in [2.05, 4.69) is 15.6 Å². The van der Waals surface area contributed by atoms with Crippen molar-refractivity contribution >= 4 is 11.8 Å². The van der Waals surface area contributed by atoms with E-state index in [1.807, 2.05) is 19.9 Å². The number of amides is 2. The summed E-state index contributed by atoms with van der Waals surface area (Å²) in [5.74, 6) is 0.529. The van der Waals surface area contributed by atoms with Crippen LogP contribution in [0.5, 0.6) is 0 Å². The molecule has 0 saturated carbocycles. The third kappa shape index (κ3) is 4.40. The molecule has 0 aromatic carbocycles. The van der Waals surface area contributed by atoms with Crippen LogP contribution in [0.4, 0.5) is 10.6 Å². The lowest BCUT2D eigenvalue weighted by Crippen LogP contribution is -2.42. The highest BCUT2D eigenvalue weighted by molar-refractivity contribution is 5.88. The summed E-state index contributed by atoms with van der Waals surface area (Å²) in [7, 11) is 0. The molecule has 5 nitrogen and oxygen atoms in total. The second-order valence-electron chi connectivity index (χ2n) is 4.33. The van der Waals surface area contributed by atoms with Crippen molar-refractivity contribution in [2.45, 2.75) is 32.8 Å². The number of rotatable bonds is 4. The Hall–Kier alpha value is -1.62. The van der Waals surface area contributed by atoms with Crippen LogP contribution in [0.25, 0.3) is 0 Å². The average Bonchev–Trinajstić information content (AvgIpc) is 2.30. The van der Waals surface area contributed by atoms with Gasteiger partial charge in [0.1, 0.15) is 5.82 Å². The lowest BCUT2D eigenvalue weighted by atomic mass is 10.0. The van der Waals surface area contributed by atoms with Gasteiger partial charge in [-0.25, -0.2) is 9.78 Å². The number of carbonyl (C=O) groups excluding carboxylic acids is 1. The Morgan fingerprint density at radius 3 is 2.88 bits per heavy atom. The van der Waals surface area contributed by atoms with Gasteiger partial charge in [0.15, 0.2) is 0 Å². The van der Waals surface area contributed by atoms with Crippen LogP contribution in [-0.2, 0) is 0 Å². The van der Waals surface area contributed by atoms with E-state index in [-0.39, 0.29) is 12.6 Å². The van der Waals surface area contributed by atoms with E-state index in [0.29, 0.717) is 12.2 Å². The molecule has 94 valence electrons. The molecular formula is C12H19N3O2. The molecule has 1 aromatic rings. The van der Waals surface area contributed by atoms with Gasteiger partial charge < -0.3 is 10.4 Å². The molecule has 17 heavy (non-hydrogen) atoms. The molecule has 0 aliphatic heterocycles. The second-order valence-corrected chi connectivity index (χ2v) is 4.33. The zero-order chi connectivity index (χ0) is 12.9. The maximum atomic E-state index is 11.6. The van der Waals surface area contributed by atoms with Gasteiger partial charge >= 0.3 is 6.03 Å². The topological polar surface area (TPSA) is 74.2 Å². The van der Waals surface area contributed by atoms with Gasteiger partial charge in [0.05, 0.1) is 5.60 Å². The number of anilines is 1. The highest BCUT2D eigenvalue weighted by Gasteiger charge is 2.18. The van der Waals surface area contributed by atoms with Crippen LogP contribution in [0.3, 0.4) is 0 Å². The van der Waals surface area contributed by atoms with Crippen LogP contribution in [0.2, 0.25) is 0 Å². The van der Waals surface area contributed by atoms with Gasteiger partial charge in [0, 0.05) is 12.7 Å². The molecule has 5 heteroatoms. The molecule has 0 fully saturated rings. The number of hydrogen-bond acceptors (Lipinski definition) is 3. The summed E-state index contributed by atoms with van der Waals surface area (Å²) in [5.41, 5.74) is 0.0150. The summed E-state index contributed by atoms with van der Waals surface area (Å²) in [6, 6.07) is 3.31. The SMILES string of the molecule is CC[C@](C)(O)CNC(=O)Nc1ncccc1C. The number of pyridine rings is 1. The Kier molecular flexibility index (Phi) is 4.45. The zero-order valence-corrected chi connectivity index (χ0v) is 10.4. The number of aliphatic hydroxyl groups is 1. The van der Waals surface area contributed by atoms with Gasteiger partial charge in [-0.15, -0.1) is 0 Å². The predicted octanol–water partition coefficient (Wildman–Crippen LogP) is 1.67. The molecule has 0 radical (unpaired) electrons. The smallest absolute Gasteiger partial charge is 0.320 e. The Labute approximate surface area is 101 Å². The van der Waals surface area contributed by atoms with Crippen molar-refractivity contribution < 1.29 is 9.90 Å². The molecule has 0 aliphatic carbocycles. The molecule has 0 bridgehead atoms. The van der Waals surface area contributed by atoms with E-state index in [4.69, 9.17) is 0 Å². The van der Waals surface area contributed by atoms with Crippen molar-refractivity contribution in [1.82, 2.24) is 10.3 Å². The van der Waals surface area contributed by atoms with Gasteiger partial charge in [0.25, 0.3) is 0 Å². The molecule has 0 saturated heterocycles. The van der Waals surface area contributed by atoms with E-state index in [1.165, 1.54) is 0 Å². The summed E-state index contributed by atoms with van der Waals surface area (Å²) in [6.07, 6.45) is 2.20. The lowest BCUT2D eigenvalue weighted by molar-refractivity contribution is 0.0587. The fraction of sp³-hybridized carbons (Fsp3) is 0.500. The third-order valence-corrected chi connectivity index (χ3v) is 2.63. The molecule has 1 aromatic heterocycles. The van der Waals surface area contributed by atoms with Crippen molar-refractivity contribution in [3.05, 3.63) is 23.9 Å². The fourth-order valence-electron chi connectivity index (χ4n) is 1.16. The number of nitrogens with zero attached hydrogens (tertiary/aromatic N) is 1. The van der Waals surface area contributed by atoms with E-state index >= 15 is 0 Å². The Balaban J connectivity index is 2.48. The first-order valence-electron chi connectivity index (χ1n) is 5.63. The summed E-state index contributed by atoms with van der Waals surface area (Å²) >= 11 is 0. The standard InChI is InChI=1S/C12H19N3O2/c1-4-12(3,17)8-14-11(16)15-10-9(2)6-5-7-13-10/h5-7,17H,4,8H2,1-3H3,(H2,13,14,15,16)/t12-/m0/s1. The van der Waals surface area contributed by atoms with Gasteiger partial charge in [-0.05, 0) is 31.9 Å². The normalized spacial score (nSPS) is 13.9. The first-order valence-corrected chi connectivity index (χ1v) is 5.63. The van der Waals surface area contributed by atoms with Crippen molar-refractivity contribution in [2.75, 3.05) is 11.9 Å². The summed E-state index contributed by atoms with van der Waals surface area (Å²) < 4.78 is 0. The van der Waals surface area contributed by atoms with Gasteiger partial charge in [0.2, 0.25) is 0 Å². The fourth-order valence-corrected chi connectivity index (χ4v) is 1.16. The molecule has 1 heterocycles. The molecule has 0 unspecified atom stereocenters.